The summed E-state index contributed by atoms with van der Waals surface area (Å²) in [7, 11) is 5.76. The number of hydrogen-bond donors (Lipinski definition) is 0. The maximum absolute atomic E-state index is 10.7. The van der Waals surface area contributed by atoms with Gasteiger partial charge < -0.3 is 0 Å². The fourth-order valence-electron chi connectivity index (χ4n) is 1.46. The highest BCUT2D eigenvalue weighted by Gasteiger charge is 1.99. The summed E-state index contributed by atoms with van der Waals surface area (Å²) in [5, 5.41) is 1.85. The topological polar surface area (TPSA) is 17.1 Å². The molecule has 60 valence electrons. The summed E-state index contributed by atoms with van der Waals surface area (Å²) in [6, 6.07) is 11.1. The van der Waals surface area contributed by atoms with Crippen LogP contribution in [0.25, 0.3) is 10.8 Å². The largest absolute Gasteiger partial charge is 0.298 e. The molecule has 2 aromatic rings. The average Bonchev–Trinajstić information content (AvgIpc) is 2.18. The van der Waals surface area contributed by atoms with Gasteiger partial charge in [-0.15, -0.1) is 0 Å². The normalized spacial score (nSPS) is 10.2. The minimum absolute atomic E-state index is 0.685. The minimum Gasteiger partial charge on any atom is -0.298 e. The van der Waals surface area contributed by atoms with E-state index < -0.39 is 0 Å². The molecular formula is C11H7BO. The van der Waals surface area contributed by atoms with Gasteiger partial charge >= 0.3 is 0 Å². The molecule has 0 aliphatic carbocycles. The van der Waals surface area contributed by atoms with Crippen LogP contribution < -0.4 is 5.46 Å². The molecular weight excluding hydrogens is 159 g/mol. The summed E-state index contributed by atoms with van der Waals surface area (Å²) < 4.78 is 0. The first-order chi connectivity index (χ1) is 6.33. The van der Waals surface area contributed by atoms with Gasteiger partial charge in [0.25, 0.3) is 0 Å². The Bertz CT molecular complexity index is 463. The quantitative estimate of drug-likeness (QED) is 0.462. The summed E-state index contributed by atoms with van der Waals surface area (Å²) in [4.78, 5) is 10.7. The molecule has 0 saturated carbocycles. The van der Waals surface area contributed by atoms with Gasteiger partial charge in [0, 0.05) is 5.56 Å². The zero-order valence-electron chi connectivity index (χ0n) is 7.03. The van der Waals surface area contributed by atoms with E-state index in [0.29, 0.717) is 11.0 Å². The van der Waals surface area contributed by atoms with Crippen molar-refractivity contribution >= 4 is 30.4 Å². The number of rotatable bonds is 1. The van der Waals surface area contributed by atoms with E-state index >= 15 is 0 Å². The predicted octanol–water partition coefficient (Wildman–Crippen LogP) is 1.45. The summed E-state index contributed by atoms with van der Waals surface area (Å²) in [6.07, 6.45) is 0.849. The number of fused-ring (bicyclic) bond motifs is 1. The van der Waals surface area contributed by atoms with E-state index in [2.05, 4.69) is 0 Å². The summed E-state index contributed by atoms with van der Waals surface area (Å²) >= 11 is 0. The van der Waals surface area contributed by atoms with Crippen LogP contribution in [0.3, 0.4) is 0 Å². The van der Waals surface area contributed by atoms with Gasteiger partial charge in [-0.25, -0.2) is 0 Å². The molecule has 0 aliphatic heterocycles. The lowest BCUT2D eigenvalue weighted by Gasteiger charge is -2.03. The van der Waals surface area contributed by atoms with Crippen molar-refractivity contribution in [3.8, 4) is 0 Å². The van der Waals surface area contributed by atoms with Crippen molar-refractivity contribution in [1.82, 2.24) is 0 Å². The van der Waals surface area contributed by atoms with Crippen molar-refractivity contribution in [3.63, 3.8) is 0 Å². The van der Waals surface area contributed by atoms with Crippen molar-refractivity contribution in [3.05, 3.63) is 42.0 Å². The van der Waals surface area contributed by atoms with Crippen LogP contribution >= 0.6 is 0 Å². The Morgan fingerprint density at radius 1 is 1.00 bits per heavy atom. The molecule has 1 nitrogen and oxygen atoms in total. The molecule has 0 saturated heterocycles. The Morgan fingerprint density at radius 3 is 2.46 bits per heavy atom. The molecule has 2 aromatic carbocycles. The second kappa shape index (κ2) is 3.06. The van der Waals surface area contributed by atoms with Crippen molar-refractivity contribution < 1.29 is 4.79 Å². The van der Waals surface area contributed by atoms with E-state index in [0.717, 1.165) is 17.1 Å². The van der Waals surface area contributed by atoms with Gasteiger partial charge in [-0.3, -0.25) is 4.79 Å². The zero-order valence-corrected chi connectivity index (χ0v) is 7.03. The van der Waals surface area contributed by atoms with Gasteiger partial charge in [-0.2, -0.15) is 0 Å². The molecule has 13 heavy (non-hydrogen) atoms. The fraction of sp³-hybridized carbons (Fsp3) is 0. The molecule has 0 fully saturated rings. The van der Waals surface area contributed by atoms with Gasteiger partial charge in [0.2, 0.25) is 0 Å². The minimum atomic E-state index is 0.685. The Balaban J connectivity index is 2.92. The SMILES string of the molecule is [B]c1cccc2c(C=O)cccc12. The highest BCUT2D eigenvalue weighted by atomic mass is 16.1. The van der Waals surface area contributed by atoms with Crippen LogP contribution in [0.5, 0.6) is 0 Å². The molecule has 0 spiro atoms. The number of hydrogen-bond acceptors (Lipinski definition) is 1. The van der Waals surface area contributed by atoms with Crippen molar-refractivity contribution in [2.24, 2.45) is 0 Å². The van der Waals surface area contributed by atoms with E-state index in [1.54, 1.807) is 6.07 Å². The standard InChI is InChI=1S/C11H7BO/c12-11-6-2-4-9-8(7-13)3-1-5-10(9)11/h1-7H. The molecule has 0 aromatic heterocycles. The van der Waals surface area contributed by atoms with Gasteiger partial charge in [0.15, 0.2) is 6.29 Å². The van der Waals surface area contributed by atoms with Gasteiger partial charge in [-0.05, 0) is 10.8 Å². The molecule has 0 aliphatic rings. The zero-order chi connectivity index (χ0) is 9.26. The summed E-state index contributed by atoms with van der Waals surface area (Å²) in [5.41, 5.74) is 1.39. The molecule has 2 radical (unpaired) electrons. The molecule has 0 amide bonds. The Kier molecular flexibility index (Phi) is 1.89. The number of carbonyl (C=O) groups excluding carboxylic acids is 1. The number of carbonyl (C=O) groups is 1. The Hall–Kier alpha value is -1.57. The van der Waals surface area contributed by atoms with Crippen molar-refractivity contribution in [2.45, 2.75) is 0 Å². The molecule has 0 bridgehead atoms. The maximum Gasteiger partial charge on any atom is 0.150 e. The summed E-state index contributed by atoms with van der Waals surface area (Å²) in [6.45, 7) is 0. The first kappa shape index (κ1) is 8.05. The smallest absolute Gasteiger partial charge is 0.150 e. The van der Waals surface area contributed by atoms with Gasteiger partial charge in [0.1, 0.15) is 7.85 Å². The third-order valence-corrected chi connectivity index (χ3v) is 2.12. The lowest BCUT2D eigenvalue weighted by molar-refractivity contribution is 0.112. The van der Waals surface area contributed by atoms with Crippen molar-refractivity contribution in [1.29, 1.82) is 0 Å². The second-order valence-corrected chi connectivity index (χ2v) is 2.91. The van der Waals surface area contributed by atoms with Crippen LogP contribution in [0.4, 0.5) is 0 Å². The van der Waals surface area contributed by atoms with E-state index in [9.17, 15) is 4.79 Å². The average molecular weight is 166 g/mol. The van der Waals surface area contributed by atoms with E-state index in [-0.39, 0.29) is 0 Å². The van der Waals surface area contributed by atoms with Crippen molar-refractivity contribution in [2.75, 3.05) is 0 Å². The first-order valence-corrected chi connectivity index (χ1v) is 4.05. The number of aldehydes is 1. The Labute approximate surface area is 77.8 Å². The first-order valence-electron chi connectivity index (χ1n) is 4.05. The number of benzene rings is 2. The molecule has 0 heterocycles. The maximum atomic E-state index is 10.7. The highest BCUT2D eigenvalue weighted by Crippen LogP contribution is 2.14. The van der Waals surface area contributed by atoms with Gasteiger partial charge in [-0.1, -0.05) is 41.9 Å². The monoisotopic (exact) mass is 166 g/mol. The molecule has 0 unspecified atom stereocenters. The lowest BCUT2D eigenvalue weighted by Crippen LogP contribution is -2.03. The van der Waals surface area contributed by atoms with Crippen LogP contribution in [0.15, 0.2) is 36.4 Å². The van der Waals surface area contributed by atoms with E-state index in [4.69, 9.17) is 7.85 Å². The molecule has 0 atom stereocenters. The van der Waals surface area contributed by atoms with Crippen LogP contribution in [0.1, 0.15) is 10.4 Å². The van der Waals surface area contributed by atoms with Crippen LogP contribution in [-0.2, 0) is 0 Å². The lowest BCUT2D eigenvalue weighted by atomic mass is 9.89. The third kappa shape index (κ3) is 1.24. The predicted molar refractivity (Wildman–Crippen MR) is 54.7 cm³/mol. The molecule has 2 rings (SSSR count). The molecule has 0 N–H and O–H groups in total. The third-order valence-electron chi connectivity index (χ3n) is 2.12. The van der Waals surface area contributed by atoms with Gasteiger partial charge in [0.05, 0.1) is 0 Å². The van der Waals surface area contributed by atoms with E-state index in [1.165, 1.54) is 0 Å². The highest BCUT2D eigenvalue weighted by molar-refractivity contribution is 6.39. The van der Waals surface area contributed by atoms with Crippen LogP contribution in [-0.4, -0.2) is 14.1 Å². The summed E-state index contributed by atoms with van der Waals surface area (Å²) in [5.74, 6) is 0. The van der Waals surface area contributed by atoms with E-state index in [1.807, 2.05) is 30.3 Å². The second-order valence-electron chi connectivity index (χ2n) is 2.91. The van der Waals surface area contributed by atoms with Crippen LogP contribution in [0, 0.1) is 0 Å². The van der Waals surface area contributed by atoms with Crippen LogP contribution in [0.2, 0.25) is 0 Å². The Morgan fingerprint density at radius 2 is 1.69 bits per heavy atom. The fourth-order valence-corrected chi connectivity index (χ4v) is 1.46. The molecule has 2 heteroatoms.